The summed E-state index contributed by atoms with van der Waals surface area (Å²) in [6.07, 6.45) is -8.39. The van der Waals surface area contributed by atoms with Gasteiger partial charge in [0.15, 0.2) is 17.9 Å². The van der Waals surface area contributed by atoms with Crippen molar-refractivity contribution in [2.45, 2.75) is 50.2 Å². The first kappa shape index (κ1) is 55.9. The Hall–Kier alpha value is -10.4. The molecule has 0 fully saturated rings. The van der Waals surface area contributed by atoms with Gasteiger partial charge in [-0.1, -0.05) is 42.5 Å². The van der Waals surface area contributed by atoms with Crippen LogP contribution in [0.25, 0.3) is 0 Å². The van der Waals surface area contributed by atoms with Crippen molar-refractivity contribution >= 4 is 82.2 Å². The Balaban J connectivity index is 2.11. The van der Waals surface area contributed by atoms with E-state index < -0.39 is 142 Å². The first-order valence-electron chi connectivity index (χ1n) is 20.0. The van der Waals surface area contributed by atoms with Crippen LogP contribution in [0.1, 0.15) is 34.5 Å². The van der Waals surface area contributed by atoms with Crippen LogP contribution in [0.15, 0.2) is 86.7 Å². The van der Waals surface area contributed by atoms with E-state index in [9.17, 15) is 69.1 Å². The molecule has 0 aliphatic heterocycles. The van der Waals surface area contributed by atoms with Crippen molar-refractivity contribution in [3.8, 4) is 5.75 Å². The van der Waals surface area contributed by atoms with Gasteiger partial charge < -0.3 is 92.7 Å². The molecule has 0 bridgehead atoms. The Morgan fingerprint density at radius 2 is 1.11 bits per heavy atom. The summed E-state index contributed by atoms with van der Waals surface area (Å²) in [5.41, 5.74) is 39.5. The lowest BCUT2D eigenvalue weighted by molar-refractivity contribution is -0.393. The number of hydrogen-bond acceptors (Lipinski definition) is 18. The number of rotatable bonds is 24. The summed E-state index contributed by atoms with van der Waals surface area (Å²) in [5.74, 6) is -13.0. The fourth-order valence-electron chi connectivity index (χ4n) is 6.11. The zero-order valence-electron chi connectivity index (χ0n) is 37.3. The Bertz CT molecular complexity index is 2650. The number of carbonyl (C=O) groups excluding carboxylic acids is 6. The van der Waals surface area contributed by atoms with Gasteiger partial charge >= 0.3 is 5.97 Å². The molecule has 384 valence electrons. The number of aliphatic imine (C=N–C) groups is 4. The molecule has 0 saturated heterocycles. The molecule has 0 aliphatic rings. The zero-order chi connectivity index (χ0) is 54.1. The number of nitrogens with two attached hydrogens (primary N) is 8. The van der Waals surface area contributed by atoms with Crippen molar-refractivity contribution in [3.63, 3.8) is 0 Å². The maximum absolute atomic E-state index is 14.4. The van der Waals surface area contributed by atoms with E-state index in [1.807, 2.05) is 10.6 Å². The molecule has 24 N–H and O–H groups in total. The van der Waals surface area contributed by atoms with Gasteiger partial charge in [0.25, 0.3) is 35.0 Å². The summed E-state index contributed by atoms with van der Waals surface area (Å²) in [5, 5.41) is 65.6. The number of anilines is 1. The van der Waals surface area contributed by atoms with E-state index in [0.29, 0.717) is 12.1 Å². The number of nitrogens with one attached hydrogen (secondary N) is 5. The van der Waals surface area contributed by atoms with E-state index in [1.54, 1.807) is 0 Å². The second-order valence-corrected chi connectivity index (χ2v) is 14.5. The lowest BCUT2D eigenvalue weighted by Gasteiger charge is -2.33. The van der Waals surface area contributed by atoms with E-state index in [2.05, 4.69) is 35.9 Å². The minimum Gasteiger partial charge on any atom is -0.508 e. The Morgan fingerprint density at radius 3 is 1.54 bits per heavy atom. The third-order valence-corrected chi connectivity index (χ3v) is 9.12. The number of nitro benzene ring substituents is 2. The Labute approximate surface area is 403 Å². The minimum atomic E-state index is -2.25. The number of guanidine groups is 3. The number of phenolic OH excluding ortho intramolecular Hbond substituents is 1. The predicted octanol–water partition coefficient (Wildman–Crippen LogP) is -6.42. The minimum absolute atomic E-state index is 0.0576. The molecule has 3 rings (SSSR count). The molecule has 34 heteroatoms. The molecule has 3 aromatic rings. The predicted molar refractivity (Wildman–Crippen MR) is 251 cm³/mol. The highest BCUT2D eigenvalue weighted by molar-refractivity contribution is 6.02. The number of primary amides is 1. The van der Waals surface area contributed by atoms with Crippen LogP contribution in [-0.4, -0.2) is 128 Å². The lowest BCUT2D eigenvalue weighted by atomic mass is 10.0. The standard InChI is InChI=1S/C38H48N20O14/c1-15(39)47-27(32(64)49-26(25(40)61)53-36(41)42)51-34(66)29(55-38(45)46)52-33(65)28(54-37(43)44)50-31(63)23(17-5-3-2-4-6-17)48-30(62)22(14-59)56(13-16-7-9-19(60)10-8-16)24-20(35(67)68)11-18(57(69)70)12-21(24)58(71)72/h2-12,22-23,26-29,59-60H,13-14H2,1H3,(H2,39,47)(H2,40,61)(H,48,62)(H,49,64)(H,50,63)(H,51,66)(H,52,65)(H,67,68)(H4,41,42,53)(H4,43,44,54)(H4,45,46,55). The van der Waals surface area contributed by atoms with Crippen LogP contribution in [0.5, 0.6) is 5.75 Å². The Kier molecular flexibility index (Phi) is 19.5. The highest BCUT2D eigenvalue weighted by Gasteiger charge is 2.39. The lowest BCUT2D eigenvalue weighted by Crippen LogP contribution is -2.58. The second kappa shape index (κ2) is 25.1. The van der Waals surface area contributed by atoms with Crippen LogP contribution in [-0.2, 0) is 35.3 Å². The molecular formula is C38H48N20O14. The number of nitro groups is 2. The van der Waals surface area contributed by atoms with Crippen LogP contribution >= 0.6 is 0 Å². The molecule has 0 spiro atoms. The number of benzene rings is 3. The number of aromatic carboxylic acids is 1. The molecule has 6 amide bonds. The topological polar surface area (TPSA) is 587 Å². The summed E-state index contributed by atoms with van der Waals surface area (Å²) in [7, 11) is 0. The molecule has 0 heterocycles. The molecule has 72 heavy (non-hydrogen) atoms. The normalized spacial score (nSPS) is 13.3. The molecule has 6 unspecified atom stereocenters. The van der Waals surface area contributed by atoms with E-state index in [4.69, 9.17) is 45.9 Å². The number of carboxylic acids is 1. The molecule has 3 aromatic carbocycles. The van der Waals surface area contributed by atoms with Crippen molar-refractivity contribution < 1.29 is 58.7 Å². The van der Waals surface area contributed by atoms with Crippen LogP contribution in [0.2, 0.25) is 0 Å². The summed E-state index contributed by atoms with van der Waals surface area (Å²) >= 11 is 0. The smallest absolute Gasteiger partial charge is 0.338 e. The quantitative estimate of drug-likeness (QED) is 0.0172. The van der Waals surface area contributed by atoms with Crippen LogP contribution < -0.4 is 77.4 Å². The van der Waals surface area contributed by atoms with Gasteiger partial charge in [-0.3, -0.25) is 49.0 Å². The molecule has 0 radical (unpaired) electrons. The average Bonchev–Trinajstić information content (AvgIpc) is 3.29. The summed E-state index contributed by atoms with van der Waals surface area (Å²) in [4.78, 5) is 131. The number of aromatic hydroxyl groups is 1. The number of non-ortho nitro benzene ring substituents is 1. The number of hydrogen-bond donors (Lipinski definition) is 16. The van der Waals surface area contributed by atoms with Crippen molar-refractivity contribution in [1.29, 1.82) is 0 Å². The van der Waals surface area contributed by atoms with E-state index in [0.717, 1.165) is 4.90 Å². The van der Waals surface area contributed by atoms with Gasteiger partial charge in [0, 0.05) is 12.6 Å². The highest BCUT2D eigenvalue weighted by Crippen LogP contribution is 2.38. The van der Waals surface area contributed by atoms with E-state index in [-0.39, 0.29) is 22.7 Å². The van der Waals surface area contributed by atoms with Gasteiger partial charge in [-0.15, -0.1) is 0 Å². The van der Waals surface area contributed by atoms with E-state index >= 15 is 0 Å². The average molecular weight is 1010 g/mol. The first-order chi connectivity index (χ1) is 33.7. The SMILES string of the molecule is CC(N)=NC(NC(=O)C(N=C(N)N)NC(=O)C(N=C(N)N)NC(=O)C(NC(=O)C(CO)N(Cc1ccc(O)cc1)c1c(C(=O)O)cc([N+](=O)[O-])cc1[N+](=O)[O-])c1ccccc1)C(=O)NC(N=C(N)N)C(N)=O. The largest absolute Gasteiger partial charge is 0.508 e. The van der Waals surface area contributed by atoms with Gasteiger partial charge in [0.2, 0.25) is 36.5 Å². The molecule has 0 aromatic heterocycles. The molecular weight excluding hydrogens is 961 g/mol. The van der Waals surface area contributed by atoms with Gasteiger partial charge in [-0.2, -0.15) is 0 Å². The van der Waals surface area contributed by atoms with E-state index in [1.165, 1.54) is 61.5 Å². The number of carbonyl (C=O) groups is 7. The highest BCUT2D eigenvalue weighted by atomic mass is 16.6. The molecule has 6 atom stereocenters. The maximum atomic E-state index is 14.4. The summed E-state index contributed by atoms with van der Waals surface area (Å²) < 4.78 is 0. The second-order valence-electron chi connectivity index (χ2n) is 14.5. The van der Waals surface area contributed by atoms with Crippen LogP contribution in [0.4, 0.5) is 17.1 Å². The third kappa shape index (κ3) is 15.9. The Morgan fingerprint density at radius 1 is 0.639 bits per heavy atom. The summed E-state index contributed by atoms with van der Waals surface area (Å²) in [6.45, 7) is -0.754. The van der Waals surface area contributed by atoms with Gasteiger partial charge in [0.1, 0.15) is 23.5 Å². The maximum Gasteiger partial charge on any atom is 0.338 e. The zero-order valence-corrected chi connectivity index (χ0v) is 37.3. The number of aliphatic hydroxyl groups is 1. The van der Waals surface area contributed by atoms with Gasteiger partial charge in [0.05, 0.1) is 33.9 Å². The van der Waals surface area contributed by atoms with Crippen LogP contribution in [0.3, 0.4) is 0 Å². The summed E-state index contributed by atoms with van der Waals surface area (Å²) in [6, 6.07) is 8.66. The molecule has 34 nitrogen and oxygen atoms in total. The number of amides is 6. The monoisotopic (exact) mass is 1010 g/mol. The van der Waals surface area contributed by atoms with Crippen molar-refractivity contribution in [3.05, 3.63) is 104 Å². The van der Waals surface area contributed by atoms with Crippen molar-refractivity contribution in [2.24, 2.45) is 65.8 Å². The molecule has 0 saturated carbocycles. The molecule has 0 aliphatic carbocycles. The number of phenols is 1. The third-order valence-electron chi connectivity index (χ3n) is 9.12. The number of amidine groups is 1. The fraction of sp³-hybridized carbons (Fsp3) is 0.237. The van der Waals surface area contributed by atoms with Crippen molar-refractivity contribution in [1.82, 2.24) is 26.6 Å². The van der Waals surface area contributed by atoms with Gasteiger partial charge in [-0.25, -0.2) is 24.8 Å². The van der Waals surface area contributed by atoms with Crippen molar-refractivity contribution in [2.75, 3.05) is 11.5 Å². The van der Waals surface area contributed by atoms with Gasteiger partial charge in [-0.05, 0) is 30.2 Å². The number of carboxylic acid groups (broad SMARTS) is 1. The number of aliphatic hydroxyl groups excluding tert-OH is 1. The first-order valence-corrected chi connectivity index (χ1v) is 20.0. The van der Waals surface area contributed by atoms with Crippen LogP contribution in [0, 0.1) is 20.2 Å². The fourth-order valence-corrected chi connectivity index (χ4v) is 6.11. The number of nitrogens with zero attached hydrogens (tertiary/aromatic N) is 7.